The van der Waals surface area contributed by atoms with E-state index >= 15 is 0 Å². The number of rotatable bonds is 4. The van der Waals surface area contributed by atoms with Crippen LogP contribution in [0, 0.1) is 11.3 Å². The number of hydrogen-bond donors (Lipinski definition) is 0. The van der Waals surface area contributed by atoms with Gasteiger partial charge in [-0.05, 0) is 25.3 Å². The van der Waals surface area contributed by atoms with E-state index in [9.17, 15) is 4.79 Å². The van der Waals surface area contributed by atoms with Gasteiger partial charge in [0.05, 0.1) is 11.5 Å². The Hall–Kier alpha value is -1.82. The Morgan fingerprint density at radius 2 is 2.06 bits per heavy atom. The van der Waals surface area contributed by atoms with Crippen LogP contribution in [0.3, 0.4) is 0 Å². The second-order valence-electron chi connectivity index (χ2n) is 4.43. The Labute approximate surface area is 102 Å². The molecule has 17 heavy (non-hydrogen) atoms. The minimum Gasteiger partial charge on any atom is -0.329 e. The highest BCUT2D eigenvalue weighted by atomic mass is 16.2. The number of amides is 1. The molecule has 0 radical (unpaired) electrons. The van der Waals surface area contributed by atoms with Crippen LogP contribution in [0.25, 0.3) is 0 Å². The molecule has 0 aromatic heterocycles. The van der Waals surface area contributed by atoms with E-state index in [0.717, 1.165) is 18.4 Å². The predicted molar refractivity (Wildman–Crippen MR) is 65.2 cm³/mol. The van der Waals surface area contributed by atoms with Crippen molar-refractivity contribution in [3.8, 4) is 6.07 Å². The molecular formula is C14H16N2O. The number of carbonyl (C=O) groups is 1. The van der Waals surface area contributed by atoms with Gasteiger partial charge in [-0.25, -0.2) is 0 Å². The van der Waals surface area contributed by atoms with Crippen molar-refractivity contribution in [2.24, 2.45) is 0 Å². The molecule has 0 aliphatic heterocycles. The van der Waals surface area contributed by atoms with E-state index in [-0.39, 0.29) is 17.9 Å². The van der Waals surface area contributed by atoms with Crippen LogP contribution < -0.4 is 0 Å². The normalized spacial score (nSPS) is 16.0. The summed E-state index contributed by atoms with van der Waals surface area (Å²) in [5.41, 5.74) is 0.745. The lowest BCUT2D eigenvalue weighted by molar-refractivity contribution is -0.133. The van der Waals surface area contributed by atoms with Crippen molar-refractivity contribution in [3.63, 3.8) is 0 Å². The van der Waals surface area contributed by atoms with Crippen molar-refractivity contribution < 1.29 is 4.79 Å². The van der Waals surface area contributed by atoms with Gasteiger partial charge in [0.15, 0.2) is 0 Å². The molecule has 1 saturated carbocycles. The van der Waals surface area contributed by atoms with Gasteiger partial charge in [0, 0.05) is 6.54 Å². The molecule has 0 heterocycles. The molecule has 1 fully saturated rings. The molecule has 1 amide bonds. The second-order valence-corrected chi connectivity index (χ2v) is 4.43. The van der Waals surface area contributed by atoms with Crippen LogP contribution in [-0.2, 0) is 10.2 Å². The van der Waals surface area contributed by atoms with Crippen LogP contribution in [-0.4, -0.2) is 23.9 Å². The summed E-state index contributed by atoms with van der Waals surface area (Å²) in [4.78, 5) is 14.1. The summed E-state index contributed by atoms with van der Waals surface area (Å²) in [6.07, 6.45) is 1.80. The standard InChI is InChI=1S/C14H16N2O/c1-2-16(11-10-15)13(17)14(8-9-14)12-6-4-3-5-7-12/h3-7H,2,8-9,11H2,1H3. The van der Waals surface area contributed by atoms with Crippen LogP contribution in [0.5, 0.6) is 0 Å². The fraction of sp³-hybridized carbons (Fsp3) is 0.429. The van der Waals surface area contributed by atoms with Gasteiger partial charge in [-0.1, -0.05) is 30.3 Å². The van der Waals surface area contributed by atoms with Crippen molar-refractivity contribution in [2.45, 2.75) is 25.2 Å². The number of nitriles is 1. The van der Waals surface area contributed by atoms with Crippen LogP contribution in [0.4, 0.5) is 0 Å². The zero-order chi connectivity index (χ0) is 12.3. The summed E-state index contributed by atoms with van der Waals surface area (Å²) in [5.74, 6) is 0.104. The molecule has 0 unspecified atom stereocenters. The molecule has 0 N–H and O–H groups in total. The topological polar surface area (TPSA) is 44.1 Å². The molecule has 0 bridgehead atoms. The van der Waals surface area contributed by atoms with Crippen LogP contribution in [0.2, 0.25) is 0 Å². The molecule has 0 saturated heterocycles. The molecule has 2 rings (SSSR count). The third-order valence-electron chi connectivity index (χ3n) is 3.42. The highest BCUT2D eigenvalue weighted by molar-refractivity contribution is 5.91. The minimum atomic E-state index is -0.339. The summed E-state index contributed by atoms with van der Waals surface area (Å²) >= 11 is 0. The Morgan fingerprint density at radius 1 is 1.41 bits per heavy atom. The van der Waals surface area contributed by atoms with Crippen molar-refractivity contribution in [1.29, 1.82) is 5.26 Å². The SMILES string of the molecule is CCN(CC#N)C(=O)C1(c2ccccc2)CC1. The lowest BCUT2D eigenvalue weighted by atomic mass is 9.94. The van der Waals surface area contributed by atoms with E-state index < -0.39 is 0 Å². The first kappa shape index (κ1) is 11.7. The van der Waals surface area contributed by atoms with Gasteiger partial charge in [0.25, 0.3) is 0 Å². The Kier molecular flexibility index (Phi) is 3.14. The zero-order valence-electron chi connectivity index (χ0n) is 10.0. The molecular weight excluding hydrogens is 212 g/mol. The number of benzene rings is 1. The monoisotopic (exact) mass is 228 g/mol. The molecule has 88 valence electrons. The minimum absolute atomic E-state index is 0.104. The third-order valence-corrected chi connectivity index (χ3v) is 3.42. The van der Waals surface area contributed by atoms with E-state index in [2.05, 4.69) is 6.07 Å². The first-order valence-electron chi connectivity index (χ1n) is 5.96. The lowest BCUT2D eigenvalue weighted by Gasteiger charge is -2.24. The maximum absolute atomic E-state index is 12.4. The Morgan fingerprint density at radius 3 is 2.53 bits per heavy atom. The highest BCUT2D eigenvalue weighted by Crippen LogP contribution is 2.49. The summed E-state index contributed by atoms with van der Waals surface area (Å²) in [5, 5.41) is 8.73. The molecule has 0 spiro atoms. The Bertz CT molecular complexity index is 443. The van der Waals surface area contributed by atoms with Gasteiger partial charge in [-0.2, -0.15) is 5.26 Å². The van der Waals surface area contributed by atoms with Crippen molar-refractivity contribution >= 4 is 5.91 Å². The second kappa shape index (κ2) is 4.58. The summed E-state index contributed by atoms with van der Waals surface area (Å²) < 4.78 is 0. The fourth-order valence-electron chi connectivity index (χ4n) is 2.22. The quantitative estimate of drug-likeness (QED) is 0.741. The van der Waals surface area contributed by atoms with E-state index in [0.29, 0.717) is 6.54 Å². The van der Waals surface area contributed by atoms with E-state index in [1.165, 1.54) is 0 Å². The molecule has 1 aliphatic carbocycles. The van der Waals surface area contributed by atoms with Crippen LogP contribution >= 0.6 is 0 Å². The van der Waals surface area contributed by atoms with Gasteiger partial charge in [-0.15, -0.1) is 0 Å². The molecule has 1 aromatic carbocycles. The van der Waals surface area contributed by atoms with Crippen LogP contribution in [0.15, 0.2) is 30.3 Å². The summed E-state index contributed by atoms with van der Waals surface area (Å²) in [6.45, 7) is 2.70. The maximum Gasteiger partial charge on any atom is 0.234 e. The third kappa shape index (κ3) is 2.03. The Balaban J connectivity index is 2.22. The highest BCUT2D eigenvalue weighted by Gasteiger charge is 2.52. The first-order valence-corrected chi connectivity index (χ1v) is 5.96. The summed E-state index contributed by atoms with van der Waals surface area (Å²) in [6, 6.07) is 11.9. The average Bonchev–Trinajstić information content (AvgIpc) is 3.18. The fourth-order valence-corrected chi connectivity index (χ4v) is 2.22. The smallest absolute Gasteiger partial charge is 0.234 e. The summed E-state index contributed by atoms with van der Waals surface area (Å²) in [7, 11) is 0. The van der Waals surface area contributed by atoms with E-state index in [4.69, 9.17) is 5.26 Å². The molecule has 1 aromatic rings. The van der Waals surface area contributed by atoms with Gasteiger partial charge < -0.3 is 4.90 Å². The number of hydrogen-bond acceptors (Lipinski definition) is 2. The zero-order valence-corrected chi connectivity index (χ0v) is 10.0. The van der Waals surface area contributed by atoms with Gasteiger partial charge in [0.2, 0.25) is 5.91 Å². The van der Waals surface area contributed by atoms with Crippen LogP contribution in [0.1, 0.15) is 25.3 Å². The van der Waals surface area contributed by atoms with Gasteiger partial charge in [0.1, 0.15) is 6.54 Å². The molecule has 3 heteroatoms. The largest absolute Gasteiger partial charge is 0.329 e. The maximum atomic E-state index is 12.4. The van der Waals surface area contributed by atoms with Gasteiger partial charge in [-0.3, -0.25) is 4.79 Å². The number of nitrogens with zero attached hydrogens (tertiary/aromatic N) is 2. The van der Waals surface area contributed by atoms with E-state index in [1.807, 2.05) is 37.3 Å². The number of carbonyl (C=O) groups excluding carboxylic acids is 1. The molecule has 1 aliphatic rings. The van der Waals surface area contributed by atoms with Gasteiger partial charge >= 0.3 is 0 Å². The average molecular weight is 228 g/mol. The molecule has 0 atom stereocenters. The van der Waals surface area contributed by atoms with Crippen molar-refractivity contribution in [3.05, 3.63) is 35.9 Å². The lowest BCUT2D eigenvalue weighted by Crippen LogP contribution is -2.39. The van der Waals surface area contributed by atoms with Crippen molar-refractivity contribution in [2.75, 3.05) is 13.1 Å². The number of likely N-dealkylation sites (N-methyl/N-ethyl adjacent to an activating group) is 1. The van der Waals surface area contributed by atoms with Crippen molar-refractivity contribution in [1.82, 2.24) is 4.90 Å². The molecule has 3 nitrogen and oxygen atoms in total. The first-order chi connectivity index (χ1) is 8.24. The van der Waals surface area contributed by atoms with E-state index in [1.54, 1.807) is 4.90 Å². The predicted octanol–water partition coefficient (Wildman–Crippen LogP) is 2.09.